The topological polar surface area (TPSA) is 66.6 Å². The van der Waals surface area contributed by atoms with Crippen LogP contribution in [0.3, 0.4) is 0 Å². The lowest BCUT2D eigenvalue weighted by Gasteiger charge is -2.20. The minimum absolute atomic E-state index is 0.0419. The minimum Gasteiger partial charge on any atom is -0.479 e. The van der Waals surface area contributed by atoms with Crippen LogP contribution in [0.25, 0.3) is 0 Å². The molecule has 1 amide bonds. The number of aryl methyl sites for hydroxylation is 1. The first-order chi connectivity index (χ1) is 7.97. The van der Waals surface area contributed by atoms with Crippen LogP contribution in [0.1, 0.15) is 39.3 Å². The summed E-state index contributed by atoms with van der Waals surface area (Å²) in [6.07, 6.45) is 1.86. The van der Waals surface area contributed by atoms with E-state index in [1.807, 2.05) is 13.8 Å². The van der Waals surface area contributed by atoms with Gasteiger partial charge in [0.1, 0.15) is 5.69 Å². The van der Waals surface area contributed by atoms with E-state index in [2.05, 4.69) is 11.9 Å². The van der Waals surface area contributed by atoms with Crippen molar-refractivity contribution in [3.8, 4) is 5.95 Å². The zero-order valence-electron chi connectivity index (χ0n) is 10.9. The second-order valence-electron chi connectivity index (χ2n) is 4.39. The van der Waals surface area contributed by atoms with Crippen LogP contribution in [0.4, 0.5) is 6.01 Å². The van der Waals surface area contributed by atoms with E-state index in [-0.39, 0.29) is 23.8 Å². The van der Waals surface area contributed by atoms with Crippen molar-refractivity contribution >= 4 is 11.9 Å². The number of hydrogen-bond donors (Lipinski definition) is 1. The van der Waals surface area contributed by atoms with Crippen LogP contribution >= 0.6 is 0 Å². The van der Waals surface area contributed by atoms with Gasteiger partial charge in [-0.3, -0.25) is 9.69 Å². The molecule has 1 heterocycles. The van der Waals surface area contributed by atoms with Gasteiger partial charge in [0.05, 0.1) is 0 Å². The van der Waals surface area contributed by atoms with Gasteiger partial charge >= 0.3 is 12.0 Å². The highest BCUT2D eigenvalue weighted by molar-refractivity contribution is 5.92. The average molecular weight is 240 g/mol. The van der Waals surface area contributed by atoms with Crippen LogP contribution in [0, 0.1) is 12.8 Å². The third-order valence-electron chi connectivity index (χ3n) is 2.49. The molecule has 0 aliphatic rings. The molecule has 0 unspecified atom stereocenters. The maximum Gasteiger partial charge on any atom is 0.307 e. The molecule has 0 bridgehead atoms. The molecule has 0 saturated heterocycles. The first-order valence-electron chi connectivity index (χ1n) is 5.95. The Morgan fingerprint density at radius 1 is 1.53 bits per heavy atom. The van der Waals surface area contributed by atoms with Crippen LogP contribution in [-0.4, -0.2) is 22.5 Å². The van der Waals surface area contributed by atoms with Gasteiger partial charge in [0.15, 0.2) is 0 Å². The summed E-state index contributed by atoms with van der Waals surface area (Å²) in [5, 5.41) is 9.37. The fourth-order valence-electron chi connectivity index (χ4n) is 1.42. The van der Waals surface area contributed by atoms with E-state index < -0.39 is 0 Å². The van der Waals surface area contributed by atoms with Gasteiger partial charge < -0.3 is 9.52 Å². The quantitative estimate of drug-likeness (QED) is 0.858. The number of nitrogens with zero attached hydrogens (tertiary/aromatic N) is 2. The molecule has 1 aromatic heterocycles. The lowest BCUT2D eigenvalue weighted by atomic mass is 10.2. The Morgan fingerprint density at radius 2 is 2.18 bits per heavy atom. The number of carbonyl (C=O) groups excluding carboxylic acids is 1. The monoisotopic (exact) mass is 240 g/mol. The van der Waals surface area contributed by atoms with Gasteiger partial charge in [0.25, 0.3) is 0 Å². The lowest BCUT2D eigenvalue weighted by Crippen LogP contribution is -2.35. The summed E-state index contributed by atoms with van der Waals surface area (Å²) in [6.45, 7) is 7.91. The smallest absolute Gasteiger partial charge is 0.307 e. The minimum atomic E-state index is -0.224. The molecule has 0 atom stereocenters. The fourth-order valence-corrected chi connectivity index (χ4v) is 1.42. The molecule has 0 saturated carbocycles. The highest BCUT2D eigenvalue weighted by Gasteiger charge is 2.23. The Morgan fingerprint density at radius 3 is 2.59 bits per heavy atom. The average Bonchev–Trinajstić information content (AvgIpc) is 2.59. The number of amides is 1. The predicted octanol–water partition coefficient (Wildman–Crippen LogP) is 2.48. The van der Waals surface area contributed by atoms with Crippen LogP contribution < -0.4 is 4.90 Å². The second kappa shape index (κ2) is 5.70. The summed E-state index contributed by atoms with van der Waals surface area (Å²) < 4.78 is 5.09. The summed E-state index contributed by atoms with van der Waals surface area (Å²) in [5.74, 6) is -0.390. The number of carbonyl (C=O) groups is 1. The Bertz CT molecular complexity index is 366. The van der Waals surface area contributed by atoms with Crippen molar-refractivity contribution in [1.29, 1.82) is 0 Å². The number of hydrogen-bond acceptors (Lipinski definition) is 4. The second-order valence-corrected chi connectivity index (χ2v) is 4.39. The number of oxazole rings is 1. The van der Waals surface area contributed by atoms with Crippen molar-refractivity contribution in [2.45, 2.75) is 40.5 Å². The van der Waals surface area contributed by atoms with E-state index >= 15 is 0 Å². The predicted molar refractivity (Wildman–Crippen MR) is 65.0 cm³/mol. The molecule has 1 aromatic rings. The standard InChI is InChI=1S/C12H20N2O3/c1-5-6-7-14(10(15)8(2)3)12-13-9(4)11(16)17-12/h8,16H,5-7H2,1-4H3. The molecule has 1 rings (SSSR count). The van der Waals surface area contributed by atoms with Gasteiger partial charge in [-0.05, 0) is 13.3 Å². The fraction of sp³-hybridized carbons (Fsp3) is 0.667. The van der Waals surface area contributed by atoms with E-state index in [1.54, 1.807) is 6.92 Å². The number of rotatable bonds is 5. The van der Waals surface area contributed by atoms with Crippen LogP contribution in [0.2, 0.25) is 0 Å². The van der Waals surface area contributed by atoms with Crippen LogP contribution in [0.15, 0.2) is 4.42 Å². The molecule has 0 aliphatic carbocycles. The van der Waals surface area contributed by atoms with Crippen molar-refractivity contribution in [3.05, 3.63) is 5.69 Å². The SMILES string of the molecule is CCCCN(C(=O)C(C)C)c1nc(C)c(O)o1. The summed E-state index contributed by atoms with van der Waals surface area (Å²) in [5.41, 5.74) is 0.401. The molecule has 5 heteroatoms. The molecule has 0 spiro atoms. The van der Waals surface area contributed by atoms with Gasteiger partial charge in [-0.1, -0.05) is 27.2 Å². The van der Waals surface area contributed by atoms with Crippen LogP contribution in [-0.2, 0) is 4.79 Å². The van der Waals surface area contributed by atoms with Gasteiger partial charge in [-0.15, -0.1) is 0 Å². The summed E-state index contributed by atoms with van der Waals surface area (Å²) in [7, 11) is 0. The Hall–Kier alpha value is -1.52. The zero-order chi connectivity index (χ0) is 13.0. The Kier molecular flexibility index (Phi) is 4.54. The van der Waals surface area contributed by atoms with E-state index in [0.29, 0.717) is 12.2 Å². The molecular formula is C12H20N2O3. The van der Waals surface area contributed by atoms with Crippen molar-refractivity contribution in [2.75, 3.05) is 11.4 Å². The number of aromatic hydroxyl groups is 1. The van der Waals surface area contributed by atoms with Crippen LogP contribution in [0.5, 0.6) is 5.95 Å². The largest absolute Gasteiger partial charge is 0.479 e. The molecule has 17 heavy (non-hydrogen) atoms. The van der Waals surface area contributed by atoms with E-state index in [4.69, 9.17) is 4.42 Å². The first-order valence-corrected chi connectivity index (χ1v) is 5.95. The third-order valence-corrected chi connectivity index (χ3v) is 2.49. The molecular weight excluding hydrogens is 220 g/mol. The number of unbranched alkanes of at least 4 members (excludes halogenated alkanes) is 1. The van der Waals surface area contributed by atoms with E-state index in [1.165, 1.54) is 4.90 Å². The molecule has 0 aromatic carbocycles. The van der Waals surface area contributed by atoms with Crippen molar-refractivity contribution < 1.29 is 14.3 Å². The third kappa shape index (κ3) is 3.22. The van der Waals surface area contributed by atoms with Crippen molar-refractivity contribution in [1.82, 2.24) is 4.98 Å². The maximum atomic E-state index is 12.0. The highest BCUT2D eigenvalue weighted by Crippen LogP contribution is 2.25. The van der Waals surface area contributed by atoms with Crippen molar-refractivity contribution in [3.63, 3.8) is 0 Å². The molecule has 1 N–H and O–H groups in total. The summed E-state index contributed by atoms with van der Waals surface area (Å²) >= 11 is 0. The lowest BCUT2D eigenvalue weighted by molar-refractivity contribution is -0.121. The van der Waals surface area contributed by atoms with Gasteiger partial charge in [-0.2, -0.15) is 4.98 Å². The van der Waals surface area contributed by atoms with Crippen molar-refractivity contribution in [2.24, 2.45) is 5.92 Å². The molecule has 5 nitrogen and oxygen atoms in total. The zero-order valence-corrected chi connectivity index (χ0v) is 10.9. The Labute approximate surface area is 101 Å². The van der Waals surface area contributed by atoms with E-state index in [9.17, 15) is 9.90 Å². The normalized spacial score (nSPS) is 10.9. The maximum absolute atomic E-state index is 12.0. The summed E-state index contributed by atoms with van der Waals surface area (Å²) in [4.78, 5) is 17.6. The molecule has 96 valence electrons. The highest BCUT2D eigenvalue weighted by atomic mass is 16.5. The molecule has 0 radical (unpaired) electrons. The Balaban J connectivity index is 2.93. The summed E-state index contributed by atoms with van der Waals surface area (Å²) in [6, 6.07) is 0.187. The molecule has 0 aliphatic heterocycles. The first kappa shape index (κ1) is 13.5. The van der Waals surface area contributed by atoms with Gasteiger partial charge in [0, 0.05) is 12.5 Å². The number of anilines is 1. The number of aromatic nitrogens is 1. The van der Waals surface area contributed by atoms with E-state index in [0.717, 1.165) is 12.8 Å². The van der Waals surface area contributed by atoms with Gasteiger partial charge in [0.2, 0.25) is 5.91 Å². The molecule has 0 fully saturated rings. The van der Waals surface area contributed by atoms with Gasteiger partial charge in [-0.25, -0.2) is 0 Å².